The zero-order valence-electron chi connectivity index (χ0n) is 13.6. The fourth-order valence-electron chi connectivity index (χ4n) is 2.92. The molecule has 1 aliphatic rings. The highest BCUT2D eigenvalue weighted by Crippen LogP contribution is 2.19. The molecule has 1 aromatic heterocycles. The molecule has 2 rings (SSSR count). The summed E-state index contributed by atoms with van der Waals surface area (Å²) in [6.07, 6.45) is 3.62. The van der Waals surface area contributed by atoms with Gasteiger partial charge in [0.25, 0.3) is 0 Å². The van der Waals surface area contributed by atoms with Gasteiger partial charge in [-0.1, -0.05) is 6.92 Å². The van der Waals surface area contributed by atoms with E-state index in [-0.39, 0.29) is 17.9 Å². The summed E-state index contributed by atoms with van der Waals surface area (Å²) in [5, 5.41) is 2.92. The topological polar surface area (TPSA) is 75.4 Å². The lowest BCUT2D eigenvalue weighted by Gasteiger charge is -2.23. The van der Waals surface area contributed by atoms with Crippen LogP contribution in [0.25, 0.3) is 0 Å². The second kappa shape index (κ2) is 7.42. The molecular formula is C16H25N3O3. The molecule has 0 radical (unpaired) electrons. The van der Waals surface area contributed by atoms with Crippen LogP contribution in [0.3, 0.4) is 0 Å². The number of carbonyl (C=O) groups excluding carboxylic acids is 2. The van der Waals surface area contributed by atoms with E-state index in [1.807, 2.05) is 20.8 Å². The zero-order chi connectivity index (χ0) is 16.1. The van der Waals surface area contributed by atoms with Gasteiger partial charge < -0.3 is 14.6 Å². The molecular weight excluding hydrogens is 282 g/mol. The highest BCUT2D eigenvalue weighted by atomic mass is 16.4. The first-order chi connectivity index (χ1) is 10.5. The maximum Gasteiger partial charge on any atom is 0.242 e. The summed E-state index contributed by atoms with van der Waals surface area (Å²) < 4.78 is 5.37. The van der Waals surface area contributed by atoms with E-state index in [4.69, 9.17) is 4.42 Å². The monoisotopic (exact) mass is 307 g/mol. The lowest BCUT2D eigenvalue weighted by molar-refractivity contribution is -0.138. The van der Waals surface area contributed by atoms with E-state index < -0.39 is 0 Å². The minimum Gasteiger partial charge on any atom is -0.446 e. The van der Waals surface area contributed by atoms with Crippen molar-refractivity contribution in [1.29, 1.82) is 0 Å². The molecule has 1 aromatic rings. The molecule has 0 bridgehead atoms. The molecule has 0 aliphatic carbocycles. The van der Waals surface area contributed by atoms with Crippen LogP contribution in [0.15, 0.2) is 4.42 Å². The summed E-state index contributed by atoms with van der Waals surface area (Å²) in [6.45, 7) is 6.87. The van der Waals surface area contributed by atoms with Crippen LogP contribution in [0.5, 0.6) is 0 Å². The number of carbonyl (C=O) groups is 2. The lowest BCUT2D eigenvalue weighted by Crippen LogP contribution is -2.46. The van der Waals surface area contributed by atoms with Gasteiger partial charge in [0.15, 0.2) is 5.89 Å². The Kier molecular flexibility index (Phi) is 5.57. The van der Waals surface area contributed by atoms with Crippen LogP contribution in [0, 0.1) is 13.8 Å². The maximum atomic E-state index is 12.3. The van der Waals surface area contributed by atoms with Crippen molar-refractivity contribution in [3.8, 4) is 0 Å². The summed E-state index contributed by atoms with van der Waals surface area (Å²) in [6, 6.07) is -0.306. The van der Waals surface area contributed by atoms with Crippen molar-refractivity contribution in [3.63, 3.8) is 0 Å². The summed E-state index contributed by atoms with van der Waals surface area (Å²) >= 11 is 0. The smallest absolute Gasteiger partial charge is 0.242 e. The number of likely N-dealkylation sites (tertiary alicyclic amines) is 1. The highest BCUT2D eigenvalue weighted by Gasteiger charge is 2.33. The van der Waals surface area contributed by atoms with Crippen molar-refractivity contribution in [2.45, 2.75) is 58.9 Å². The molecule has 2 heterocycles. The van der Waals surface area contributed by atoms with Crippen molar-refractivity contribution in [2.24, 2.45) is 0 Å². The second-order valence-corrected chi connectivity index (χ2v) is 5.77. The van der Waals surface area contributed by atoms with E-state index in [2.05, 4.69) is 10.3 Å². The fourth-order valence-corrected chi connectivity index (χ4v) is 2.92. The molecule has 1 fully saturated rings. The van der Waals surface area contributed by atoms with Gasteiger partial charge in [0, 0.05) is 32.9 Å². The average Bonchev–Trinajstić information content (AvgIpc) is 3.06. The van der Waals surface area contributed by atoms with Crippen LogP contribution in [0.1, 0.15) is 50.0 Å². The van der Waals surface area contributed by atoms with Crippen molar-refractivity contribution in [1.82, 2.24) is 15.2 Å². The maximum absolute atomic E-state index is 12.3. The molecule has 1 aliphatic heterocycles. The second-order valence-electron chi connectivity index (χ2n) is 5.77. The Balaban J connectivity index is 1.83. The SMILES string of the molecule is CCCC(=O)N1CCCC1C(=O)NCCc1nc(C)oc1C. The number of aromatic nitrogens is 1. The van der Waals surface area contributed by atoms with Crippen molar-refractivity contribution >= 4 is 11.8 Å². The standard InChI is InChI=1S/C16H25N3O3/c1-4-6-15(20)19-10-5-7-14(19)16(21)17-9-8-13-11(2)22-12(3)18-13/h14H,4-10H2,1-3H3,(H,17,21). The zero-order valence-corrected chi connectivity index (χ0v) is 13.6. The van der Waals surface area contributed by atoms with Crippen LogP contribution in [-0.2, 0) is 16.0 Å². The summed E-state index contributed by atoms with van der Waals surface area (Å²) in [5.41, 5.74) is 0.878. The molecule has 0 aromatic carbocycles. The number of aryl methyl sites for hydroxylation is 2. The van der Waals surface area contributed by atoms with Gasteiger partial charge in [0.2, 0.25) is 11.8 Å². The Morgan fingerprint density at radius 2 is 2.18 bits per heavy atom. The molecule has 122 valence electrons. The molecule has 6 nitrogen and oxygen atoms in total. The number of hydrogen-bond acceptors (Lipinski definition) is 4. The van der Waals surface area contributed by atoms with E-state index >= 15 is 0 Å². The number of hydrogen-bond donors (Lipinski definition) is 1. The van der Waals surface area contributed by atoms with Crippen molar-refractivity contribution in [3.05, 3.63) is 17.3 Å². The molecule has 1 unspecified atom stereocenters. The Morgan fingerprint density at radius 3 is 2.82 bits per heavy atom. The van der Waals surface area contributed by atoms with Crippen molar-refractivity contribution < 1.29 is 14.0 Å². The summed E-state index contributed by atoms with van der Waals surface area (Å²) in [7, 11) is 0. The van der Waals surface area contributed by atoms with Crippen molar-refractivity contribution in [2.75, 3.05) is 13.1 Å². The van der Waals surface area contributed by atoms with Gasteiger partial charge in [-0.3, -0.25) is 9.59 Å². The first-order valence-corrected chi connectivity index (χ1v) is 8.03. The predicted octanol–water partition coefficient (Wildman–Crippen LogP) is 1.74. The van der Waals surface area contributed by atoms with Crippen LogP contribution < -0.4 is 5.32 Å². The van der Waals surface area contributed by atoms with Gasteiger partial charge in [0.05, 0.1) is 5.69 Å². The Labute approximate surface area is 131 Å². The third-order valence-corrected chi connectivity index (χ3v) is 4.00. The van der Waals surface area contributed by atoms with Gasteiger partial charge in [-0.15, -0.1) is 0 Å². The van der Waals surface area contributed by atoms with E-state index in [9.17, 15) is 9.59 Å². The van der Waals surface area contributed by atoms with Crippen LogP contribution in [-0.4, -0.2) is 40.8 Å². The predicted molar refractivity (Wildman–Crippen MR) is 82.3 cm³/mol. The van der Waals surface area contributed by atoms with E-state index in [0.29, 0.717) is 31.8 Å². The van der Waals surface area contributed by atoms with Crippen LogP contribution >= 0.6 is 0 Å². The first-order valence-electron chi connectivity index (χ1n) is 8.03. The minimum atomic E-state index is -0.306. The van der Waals surface area contributed by atoms with E-state index in [1.165, 1.54) is 0 Å². The number of amides is 2. The van der Waals surface area contributed by atoms with E-state index in [0.717, 1.165) is 30.7 Å². The molecule has 0 saturated carbocycles. The van der Waals surface area contributed by atoms with Gasteiger partial charge in [0.1, 0.15) is 11.8 Å². The van der Waals surface area contributed by atoms with Crippen LogP contribution in [0.4, 0.5) is 0 Å². The van der Waals surface area contributed by atoms with E-state index in [1.54, 1.807) is 4.90 Å². The number of rotatable bonds is 6. The molecule has 22 heavy (non-hydrogen) atoms. The molecule has 6 heteroatoms. The Hall–Kier alpha value is -1.85. The molecule has 1 atom stereocenters. The lowest BCUT2D eigenvalue weighted by atomic mass is 10.2. The molecule has 1 N–H and O–H groups in total. The van der Waals surface area contributed by atoms with Gasteiger partial charge in [-0.25, -0.2) is 4.98 Å². The number of oxazole rings is 1. The largest absolute Gasteiger partial charge is 0.446 e. The molecule has 2 amide bonds. The number of nitrogens with zero attached hydrogens (tertiary/aromatic N) is 2. The Bertz CT molecular complexity index is 539. The number of nitrogens with one attached hydrogen (secondary N) is 1. The molecule has 0 spiro atoms. The third-order valence-electron chi connectivity index (χ3n) is 4.00. The fraction of sp³-hybridized carbons (Fsp3) is 0.688. The van der Waals surface area contributed by atoms with Gasteiger partial charge in [-0.2, -0.15) is 0 Å². The van der Waals surface area contributed by atoms with Crippen LogP contribution in [0.2, 0.25) is 0 Å². The van der Waals surface area contributed by atoms with Gasteiger partial charge in [-0.05, 0) is 26.2 Å². The summed E-state index contributed by atoms with van der Waals surface area (Å²) in [5.74, 6) is 1.47. The Morgan fingerprint density at radius 1 is 1.41 bits per heavy atom. The highest BCUT2D eigenvalue weighted by molar-refractivity contribution is 5.88. The van der Waals surface area contributed by atoms with Gasteiger partial charge >= 0.3 is 0 Å². The first kappa shape index (κ1) is 16.5. The minimum absolute atomic E-state index is 0.0557. The third kappa shape index (κ3) is 3.87. The molecule has 1 saturated heterocycles. The quantitative estimate of drug-likeness (QED) is 0.868. The summed E-state index contributed by atoms with van der Waals surface area (Å²) in [4.78, 5) is 30.3. The normalized spacial score (nSPS) is 17.8. The average molecular weight is 307 g/mol.